The van der Waals surface area contributed by atoms with Gasteiger partial charge in [0.1, 0.15) is 0 Å². The van der Waals surface area contributed by atoms with Crippen LogP contribution in [-0.2, 0) is 0 Å². The number of nitrogens with zero attached hydrogens (tertiary/aromatic N) is 2. The first kappa shape index (κ1) is 14.9. The molecule has 0 bridgehead atoms. The van der Waals surface area contributed by atoms with E-state index < -0.39 is 0 Å². The molecule has 1 saturated heterocycles. The molecule has 19 heavy (non-hydrogen) atoms. The van der Waals surface area contributed by atoms with Crippen LogP contribution >= 0.6 is 15.9 Å². The van der Waals surface area contributed by atoms with E-state index in [0.29, 0.717) is 18.0 Å². The minimum atomic E-state index is 0.291. The van der Waals surface area contributed by atoms with Crippen molar-refractivity contribution in [3.8, 4) is 0 Å². The van der Waals surface area contributed by atoms with Crippen LogP contribution in [-0.4, -0.2) is 29.5 Å². The molecular formula is C15H24BrN3. The molecule has 0 saturated carbocycles. The topological polar surface area (TPSA) is 42.1 Å². The maximum absolute atomic E-state index is 6.02. The minimum absolute atomic E-state index is 0.291. The van der Waals surface area contributed by atoms with Crippen LogP contribution in [0.1, 0.15) is 44.7 Å². The zero-order chi connectivity index (χ0) is 13.9. The SMILES string of the molecule is CC1(C)CCCN(C(CN)c2cncc(Br)c2)CC1. The predicted octanol–water partition coefficient (Wildman–Crippen LogP) is 3.36. The van der Waals surface area contributed by atoms with Gasteiger partial charge in [-0.3, -0.25) is 9.88 Å². The molecule has 0 spiro atoms. The number of hydrogen-bond donors (Lipinski definition) is 1. The zero-order valence-electron chi connectivity index (χ0n) is 11.9. The zero-order valence-corrected chi connectivity index (χ0v) is 13.5. The first-order valence-electron chi connectivity index (χ1n) is 7.06. The van der Waals surface area contributed by atoms with Crippen molar-refractivity contribution < 1.29 is 0 Å². The van der Waals surface area contributed by atoms with Crippen LogP contribution in [0.5, 0.6) is 0 Å². The Morgan fingerprint density at radius 2 is 2.16 bits per heavy atom. The van der Waals surface area contributed by atoms with Gasteiger partial charge in [0.15, 0.2) is 0 Å². The van der Waals surface area contributed by atoms with Gasteiger partial charge in [0.25, 0.3) is 0 Å². The van der Waals surface area contributed by atoms with Crippen molar-refractivity contribution in [1.82, 2.24) is 9.88 Å². The number of likely N-dealkylation sites (tertiary alicyclic amines) is 1. The first-order valence-corrected chi connectivity index (χ1v) is 7.86. The molecule has 2 heterocycles. The summed E-state index contributed by atoms with van der Waals surface area (Å²) in [5, 5.41) is 0. The van der Waals surface area contributed by atoms with E-state index in [9.17, 15) is 0 Å². The molecule has 1 unspecified atom stereocenters. The number of hydrogen-bond acceptors (Lipinski definition) is 3. The third kappa shape index (κ3) is 4.01. The van der Waals surface area contributed by atoms with E-state index in [4.69, 9.17) is 5.73 Å². The standard InChI is InChI=1S/C15H24BrN3/c1-15(2)4-3-6-19(7-5-15)14(9-17)12-8-13(16)11-18-10-12/h8,10-11,14H,3-7,9,17H2,1-2H3. The molecule has 4 heteroatoms. The van der Waals surface area contributed by atoms with Crippen LogP contribution in [0.25, 0.3) is 0 Å². The predicted molar refractivity (Wildman–Crippen MR) is 82.9 cm³/mol. The van der Waals surface area contributed by atoms with E-state index in [1.54, 1.807) is 0 Å². The van der Waals surface area contributed by atoms with Gasteiger partial charge >= 0.3 is 0 Å². The van der Waals surface area contributed by atoms with E-state index in [1.165, 1.54) is 24.8 Å². The molecule has 1 aliphatic rings. The van der Waals surface area contributed by atoms with Crippen LogP contribution in [0.3, 0.4) is 0 Å². The summed E-state index contributed by atoms with van der Waals surface area (Å²) in [4.78, 5) is 6.80. The lowest BCUT2D eigenvalue weighted by molar-refractivity contribution is 0.199. The molecule has 3 nitrogen and oxygen atoms in total. The van der Waals surface area contributed by atoms with Crippen LogP contribution in [0.4, 0.5) is 0 Å². The average molecular weight is 326 g/mol. The van der Waals surface area contributed by atoms with Crippen LogP contribution in [0, 0.1) is 5.41 Å². The fraction of sp³-hybridized carbons (Fsp3) is 0.667. The third-order valence-electron chi connectivity index (χ3n) is 4.15. The highest BCUT2D eigenvalue weighted by molar-refractivity contribution is 9.10. The summed E-state index contributed by atoms with van der Waals surface area (Å²) in [6, 6.07) is 2.43. The van der Waals surface area contributed by atoms with Gasteiger partial charge in [-0.1, -0.05) is 13.8 Å². The normalized spacial score (nSPS) is 21.9. The Kier molecular flexibility index (Phi) is 4.98. The fourth-order valence-corrected chi connectivity index (χ4v) is 3.24. The number of pyridine rings is 1. The van der Waals surface area contributed by atoms with Crippen LogP contribution in [0.2, 0.25) is 0 Å². The van der Waals surface area contributed by atoms with E-state index in [2.05, 4.69) is 45.7 Å². The second kappa shape index (κ2) is 6.33. The second-order valence-electron chi connectivity index (χ2n) is 6.24. The molecule has 0 aromatic carbocycles. The molecule has 1 aromatic rings. The van der Waals surface area contributed by atoms with Gasteiger partial charge in [-0.05, 0) is 65.3 Å². The second-order valence-corrected chi connectivity index (χ2v) is 7.16. The Hall–Kier alpha value is -0.450. The summed E-state index contributed by atoms with van der Waals surface area (Å²) in [6.07, 6.45) is 7.56. The first-order chi connectivity index (χ1) is 9.02. The van der Waals surface area contributed by atoms with Crippen molar-refractivity contribution in [3.05, 3.63) is 28.5 Å². The lowest BCUT2D eigenvalue weighted by atomic mass is 9.85. The summed E-state index contributed by atoms with van der Waals surface area (Å²) in [7, 11) is 0. The van der Waals surface area contributed by atoms with E-state index in [0.717, 1.165) is 17.6 Å². The Balaban J connectivity index is 2.13. The maximum Gasteiger partial charge on any atom is 0.0486 e. The monoisotopic (exact) mass is 325 g/mol. The van der Waals surface area contributed by atoms with Crippen molar-refractivity contribution in [2.24, 2.45) is 11.1 Å². The lowest BCUT2D eigenvalue weighted by Crippen LogP contribution is -2.35. The van der Waals surface area contributed by atoms with Gasteiger partial charge in [0.05, 0.1) is 0 Å². The highest BCUT2D eigenvalue weighted by Gasteiger charge is 2.27. The fourth-order valence-electron chi connectivity index (χ4n) is 2.86. The van der Waals surface area contributed by atoms with Crippen LogP contribution in [0.15, 0.2) is 22.9 Å². The molecule has 1 aliphatic heterocycles. The molecule has 0 radical (unpaired) electrons. The number of nitrogens with two attached hydrogens (primary N) is 1. The molecule has 1 aromatic heterocycles. The smallest absolute Gasteiger partial charge is 0.0486 e. The largest absolute Gasteiger partial charge is 0.329 e. The lowest BCUT2D eigenvalue weighted by Gasteiger charge is -2.30. The summed E-state index contributed by atoms with van der Waals surface area (Å²) in [5.41, 5.74) is 7.70. The molecule has 0 aliphatic carbocycles. The highest BCUT2D eigenvalue weighted by atomic mass is 79.9. The number of aromatic nitrogens is 1. The van der Waals surface area contributed by atoms with E-state index in [1.807, 2.05) is 12.4 Å². The number of rotatable bonds is 3. The Morgan fingerprint density at radius 1 is 1.37 bits per heavy atom. The summed E-state index contributed by atoms with van der Waals surface area (Å²) in [5.74, 6) is 0. The third-order valence-corrected chi connectivity index (χ3v) is 4.58. The van der Waals surface area contributed by atoms with Crippen LogP contribution < -0.4 is 5.73 Å². The van der Waals surface area contributed by atoms with Crippen molar-refractivity contribution >= 4 is 15.9 Å². The van der Waals surface area contributed by atoms with Gasteiger partial charge < -0.3 is 5.73 Å². The quantitative estimate of drug-likeness (QED) is 0.926. The summed E-state index contributed by atoms with van der Waals surface area (Å²) in [6.45, 7) is 7.65. The molecule has 0 amide bonds. The van der Waals surface area contributed by atoms with E-state index in [-0.39, 0.29) is 0 Å². The maximum atomic E-state index is 6.02. The average Bonchev–Trinajstić information content (AvgIpc) is 2.52. The minimum Gasteiger partial charge on any atom is -0.329 e. The van der Waals surface area contributed by atoms with Crippen molar-refractivity contribution in [2.45, 2.75) is 39.2 Å². The van der Waals surface area contributed by atoms with Crippen molar-refractivity contribution in [2.75, 3.05) is 19.6 Å². The summed E-state index contributed by atoms with van der Waals surface area (Å²) < 4.78 is 1.03. The van der Waals surface area contributed by atoms with Gasteiger partial charge in [-0.2, -0.15) is 0 Å². The molecular weight excluding hydrogens is 302 g/mol. The van der Waals surface area contributed by atoms with Gasteiger partial charge in [0.2, 0.25) is 0 Å². The van der Waals surface area contributed by atoms with Gasteiger partial charge in [0, 0.05) is 29.5 Å². The van der Waals surface area contributed by atoms with Gasteiger partial charge in [-0.15, -0.1) is 0 Å². The molecule has 1 fully saturated rings. The van der Waals surface area contributed by atoms with Gasteiger partial charge in [-0.25, -0.2) is 0 Å². The van der Waals surface area contributed by atoms with E-state index >= 15 is 0 Å². The summed E-state index contributed by atoms with van der Waals surface area (Å²) >= 11 is 3.50. The molecule has 1 atom stereocenters. The Morgan fingerprint density at radius 3 is 2.84 bits per heavy atom. The Labute approximate surface area is 124 Å². The molecule has 2 rings (SSSR count). The van der Waals surface area contributed by atoms with Crippen molar-refractivity contribution in [1.29, 1.82) is 0 Å². The highest BCUT2D eigenvalue weighted by Crippen LogP contribution is 2.33. The molecule has 106 valence electrons. The molecule has 2 N–H and O–H groups in total. The number of halogens is 1. The Bertz CT molecular complexity index is 420. The van der Waals surface area contributed by atoms with Crippen molar-refractivity contribution in [3.63, 3.8) is 0 Å².